The first-order valence-electron chi connectivity index (χ1n) is 11.1. The highest BCUT2D eigenvalue weighted by molar-refractivity contribution is 5.98. The molecule has 2 aromatic rings. The Morgan fingerprint density at radius 2 is 1.72 bits per heavy atom. The fourth-order valence-corrected chi connectivity index (χ4v) is 5.59. The van der Waals surface area contributed by atoms with E-state index in [0.717, 1.165) is 50.3 Å². The Labute approximate surface area is 173 Å². The van der Waals surface area contributed by atoms with Crippen molar-refractivity contribution in [2.45, 2.75) is 43.8 Å². The molecular weight excluding hydrogens is 360 g/mol. The first kappa shape index (κ1) is 18.9. The van der Waals surface area contributed by atoms with Crippen LogP contribution in [0.3, 0.4) is 0 Å². The molecule has 3 fully saturated rings. The van der Waals surface area contributed by atoms with Gasteiger partial charge in [-0.2, -0.15) is 5.26 Å². The summed E-state index contributed by atoms with van der Waals surface area (Å²) in [6, 6.07) is 16.7. The molecule has 0 spiro atoms. The van der Waals surface area contributed by atoms with Crippen LogP contribution in [-0.2, 0) is 4.74 Å². The molecule has 2 atom stereocenters. The normalized spacial score (nSPS) is 27.3. The predicted octanol–water partition coefficient (Wildman–Crippen LogP) is 3.13. The van der Waals surface area contributed by atoms with E-state index in [2.05, 4.69) is 45.5 Å². The largest absolute Gasteiger partial charge is 0.379 e. The minimum absolute atomic E-state index is 0.603. The molecule has 0 amide bonds. The molecule has 2 aromatic carbocycles. The lowest BCUT2D eigenvalue weighted by Crippen LogP contribution is -2.50. The molecule has 2 bridgehead atoms. The third kappa shape index (κ3) is 3.73. The summed E-state index contributed by atoms with van der Waals surface area (Å²) in [5, 5.41) is 15.6. The maximum atomic E-state index is 9.48. The Morgan fingerprint density at radius 3 is 2.45 bits per heavy atom. The molecule has 1 N–H and O–H groups in total. The summed E-state index contributed by atoms with van der Waals surface area (Å²) in [7, 11) is 0. The van der Waals surface area contributed by atoms with E-state index in [4.69, 9.17) is 4.74 Å². The topological polar surface area (TPSA) is 51.5 Å². The van der Waals surface area contributed by atoms with Crippen LogP contribution in [0, 0.1) is 11.3 Å². The molecule has 3 heterocycles. The van der Waals surface area contributed by atoms with Crippen molar-refractivity contribution in [1.82, 2.24) is 10.2 Å². The molecule has 152 valence electrons. The number of nitrogens with one attached hydrogen (secondary N) is 1. The second-order valence-corrected chi connectivity index (χ2v) is 8.66. The van der Waals surface area contributed by atoms with Gasteiger partial charge in [0.1, 0.15) is 0 Å². The third-order valence-corrected chi connectivity index (χ3v) is 7.00. The first-order valence-corrected chi connectivity index (χ1v) is 11.1. The summed E-state index contributed by atoms with van der Waals surface area (Å²) in [5.41, 5.74) is 2.09. The summed E-state index contributed by atoms with van der Waals surface area (Å²) in [5.74, 6) is 0. The molecule has 0 radical (unpaired) electrons. The number of hydrogen-bond donors (Lipinski definition) is 1. The lowest BCUT2D eigenvalue weighted by molar-refractivity contribution is 0.0380. The second-order valence-electron chi connectivity index (χ2n) is 8.66. The van der Waals surface area contributed by atoms with Crippen LogP contribution in [-0.4, -0.2) is 62.4 Å². The predicted molar refractivity (Wildman–Crippen MR) is 116 cm³/mol. The van der Waals surface area contributed by atoms with Crippen LogP contribution in [0.2, 0.25) is 0 Å². The van der Waals surface area contributed by atoms with Crippen LogP contribution >= 0.6 is 0 Å². The van der Waals surface area contributed by atoms with Crippen molar-refractivity contribution in [2.24, 2.45) is 0 Å². The van der Waals surface area contributed by atoms with Gasteiger partial charge in [0.05, 0.1) is 24.8 Å². The zero-order valence-corrected chi connectivity index (χ0v) is 17.0. The van der Waals surface area contributed by atoms with E-state index >= 15 is 0 Å². The van der Waals surface area contributed by atoms with E-state index < -0.39 is 0 Å². The van der Waals surface area contributed by atoms with E-state index in [1.54, 1.807) is 0 Å². The average Bonchev–Trinajstić information content (AvgIpc) is 3.03. The van der Waals surface area contributed by atoms with Gasteiger partial charge in [-0.15, -0.1) is 0 Å². The number of hydrogen-bond acceptors (Lipinski definition) is 5. The highest BCUT2D eigenvalue weighted by Gasteiger charge is 2.41. The molecule has 2 unspecified atom stereocenters. The van der Waals surface area contributed by atoms with Crippen LogP contribution in [0.4, 0.5) is 5.69 Å². The first-order chi connectivity index (χ1) is 14.3. The van der Waals surface area contributed by atoms with Gasteiger partial charge >= 0.3 is 0 Å². The summed E-state index contributed by atoms with van der Waals surface area (Å²) >= 11 is 0. The monoisotopic (exact) mass is 390 g/mol. The van der Waals surface area contributed by atoms with Gasteiger partial charge in [-0.25, -0.2) is 0 Å². The Bertz CT molecular complexity index is 887. The van der Waals surface area contributed by atoms with Gasteiger partial charge in [0.2, 0.25) is 0 Å². The maximum Gasteiger partial charge on any atom is 0.0998 e. The quantitative estimate of drug-likeness (QED) is 0.850. The Kier molecular flexibility index (Phi) is 5.41. The summed E-state index contributed by atoms with van der Waals surface area (Å²) in [4.78, 5) is 5.17. The summed E-state index contributed by atoms with van der Waals surface area (Å²) in [6.45, 7) is 6.08. The van der Waals surface area contributed by atoms with Gasteiger partial charge in [-0.05, 0) is 37.8 Å². The zero-order chi connectivity index (χ0) is 19.6. The highest BCUT2D eigenvalue weighted by atomic mass is 16.5. The molecule has 3 aliphatic rings. The zero-order valence-electron chi connectivity index (χ0n) is 17.0. The minimum atomic E-state index is 0.603. The number of nitrogens with zero attached hydrogens (tertiary/aromatic N) is 3. The van der Waals surface area contributed by atoms with E-state index in [1.165, 1.54) is 36.8 Å². The molecular formula is C24H30N4O. The molecule has 29 heavy (non-hydrogen) atoms. The van der Waals surface area contributed by atoms with Crippen LogP contribution < -0.4 is 10.2 Å². The Hall–Kier alpha value is -2.13. The number of anilines is 1. The smallest absolute Gasteiger partial charge is 0.0998 e. The molecule has 5 heteroatoms. The number of benzene rings is 2. The summed E-state index contributed by atoms with van der Waals surface area (Å²) < 4.78 is 5.45. The van der Waals surface area contributed by atoms with E-state index in [-0.39, 0.29) is 0 Å². The molecule has 0 aliphatic carbocycles. The second kappa shape index (κ2) is 8.31. The fraction of sp³-hybridized carbons (Fsp3) is 0.542. The maximum absolute atomic E-state index is 9.48. The van der Waals surface area contributed by atoms with Crippen LogP contribution in [0.1, 0.15) is 31.2 Å². The van der Waals surface area contributed by atoms with Crippen molar-refractivity contribution in [3.63, 3.8) is 0 Å². The van der Waals surface area contributed by atoms with E-state index in [1.807, 2.05) is 12.1 Å². The van der Waals surface area contributed by atoms with Crippen LogP contribution in [0.5, 0.6) is 0 Å². The lowest BCUT2D eigenvalue weighted by atomic mass is 9.94. The van der Waals surface area contributed by atoms with Gasteiger partial charge in [-0.1, -0.05) is 24.3 Å². The van der Waals surface area contributed by atoms with Crippen molar-refractivity contribution < 1.29 is 4.74 Å². The lowest BCUT2D eigenvalue weighted by Gasteiger charge is -2.41. The van der Waals surface area contributed by atoms with Gasteiger partial charge in [0.25, 0.3) is 0 Å². The Balaban J connectivity index is 1.28. The third-order valence-electron chi connectivity index (χ3n) is 7.00. The van der Waals surface area contributed by atoms with Gasteiger partial charge < -0.3 is 15.0 Å². The Morgan fingerprint density at radius 1 is 1.00 bits per heavy atom. The van der Waals surface area contributed by atoms with E-state index in [9.17, 15) is 5.26 Å². The number of piperidine rings is 1. The van der Waals surface area contributed by atoms with Gasteiger partial charge in [-0.3, -0.25) is 4.90 Å². The number of fused-ring (bicyclic) bond motifs is 3. The minimum Gasteiger partial charge on any atom is -0.379 e. The molecule has 5 nitrogen and oxygen atoms in total. The van der Waals surface area contributed by atoms with Crippen molar-refractivity contribution in [1.29, 1.82) is 5.26 Å². The van der Waals surface area contributed by atoms with Crippen molar-refractivity contribution >= 4 is 16.5 Å². The van der Waals surface area contributed by atoms with Crippen LogP contribution in [0.15, 0.2) is 36.4 Å². The molecule has 0 saturated carbocycles. The van der Waals surface area contributed by atoms with E-state index in [0.29, 0.717) is 18.1 Å². The molecule has 3 aliphatic heterocycles. The molecule has 0 aromatic heterocycles. The number of morpholine rings is 1. The van der Waals surface area contributed by atoms with Crippen LogP contribution in [0.25, 0.3) is 10.8 Å². The van der Waals surface area contributed by atoms with Gasteiger partial charge in [0.15, 0.2) is 0 Å². The standard InChI is InChI=1S/C24H30N4O/c25-17-18-5-8-24(23-4-2-1-3-22(18)23)28-20-6-7-21(28)16-19(15-20)26-9-10-27-11-13-29-14-12-27/h1-5,8,19-21,26H,6-7,9-16H2. The SMILES string of the molecule is N#Cc1ccc(N2C3CCC2CC(NCCN2CCOCC2)C3)c2ccccc12. The molecule has 5 rings (SSSR count). The fourth-order valence-electron chi connectivity index (χ4n) is 5.59. The summed E-state index contributed by atoms with van der Waals surface area (Å²) in [6.07, 6.45) is 4.99. The molecule has 3 saturated heterocycles. The van der Waals surface area contributed by atoms with Crippen molar-refractivity contribution in [3.8, 4) is 6.07 Å². The number of ether oxygens (including phenoxy) is 1. The van der Waals surface area contributed by atoms with Crippen molar-refractivity contribution in [3.05, 3.63) is 42.0 Å². The van der Waals surface area contributed by atoms with Gasteiger partial charge in [0, 0.05) is 60.8 Å². The number of nitriles is 1. The highest BCUT2D eigenvalue weighted by Crippen LogP contribution is 2.42. The number of rotatable bonds is 5. The average molecular weight is 391 g/mol. The van der Waals surface area contributed by atoms with Crippen molar-refractivity contribution in [2.75, 3.05) is 44.3 Å².